The van der Waals surface area contributed by atoms with E-state index in [1.165, 1.54) is 27.8 Å². The van der Waals surface area contributed by atoms with Gasteiger partial charge in [0.05, 0.1) is 5.76 Å². The molecule has 0 amide bonds. The smallest absolute Gasteiger partial charge is 0.322 e. The Bertz CT molecular complexity index is 716. The zero-order valence-corrected chi connectivity index (χ0v) is 18.6. The standard InChI is InChI=1S/C21H30O.CH5O3P/c1-8-19(9-10-20(14(2)3)18(7)22)13-21-16(5)11-15(4)12-17(21)6;1-5(2,3)4/h8-9,11-12,14,22H,1,10,13H2,2-7H3;1H3,(H2,2,3,4)/b19-9+,20-18-;. The third-order valence-corrected chi connectivity index (χ3v) is 4.23. The second-order valence-corrected chi connectivity index (χ2v) is 9.01. The van der Waals surface area contributed by atoms with Crippen LogP contribution in [0.3, 0.4) is 0 Å². The largest absolute Gasteiger partial charge is 0.513 e. The highest BCUT2D eigenvalue weighted by Crippen LogP contribution is 2.26. The molecule has 0 unspecified atom stereocenters. The molecule has 0 aliphatic heterocycles. The summed E-state index contributed by atoms with van der Waals surface area (Å²) in [6.45, 7) is 17.3. The molecule has 0 aliphatic carbocycles. The lowest BCUT2D eigenvalue weighted by atomic mass is 9.92. The molecule has 0 aromatic heterocycles. The summed E-state index contributed by atoms with van der Waals surface area (Å²) in [5.74, 6) is 0.799. The van der Waals surface area contributed by atoms with Gasteiger partial charge in [-0.05, 0) is 74.3 Å². The third kappa shape index (κ3) is 11.0. The van der Waals surface area contributed by atoms with Gasteiger partial charge in [-0.3, -0.25) is 4.57 Å². The van der Waals surface area contributed by atoms with Crippen molar-refractivity contribution in [3.8, 4) is 0 Å². The van der Waals surface area contributed by atoms with Gasteiger partial charge in [0, 0.05) is 6.66 Å². The second kappa shape index (κ2) is 11.3. The van der Waals surface area contributed by atoms with Crippen LogP contribution in [0.2, 0.25) is 0 Å². The summed E-state index contributed by atoms with van der Waals surface area (Å²) in [4.78, 5) is 15.3. The molecule has 4 nitrogen and oxygen atoms in total. The molecule has 0 bridgehead atoms. The van der Waals surface area contributed by atoms with Crippen LogP contribution in [-0.2, 0) is 11.0 Å². The SMILES string of the molecule is C=C/C(=C\C/C(=C(\C)O)C(C)C)Cc1c(C)cc(C)cc1C.CP(=O)(O)O. The van der Waals surface area contributed by atoms with E-state index in [2.05, 4.69) is 59.4 Å². The highest BCUT2D eigenvalue weighted by atomic mass is 31.2. The third-order valence-electron chi connectivity index (χ3n) is 4.23. The summed E-state index contributed by atoms with van der Waals surface area (Å²) in [6.07, 6.45) is 5.81. The number of allylic oxidation sites excluding steroid dienone is 5. The molecular formula is C22H35O4P. The van der Waals surface area contributed by atoms with E-state index in [1.807, 2.05) is 6.08 Å². The zero-order valence-electron chi connectivity index (χ0n) is 17.7. The fraction of sp³-hybridized carbons (Fsp3) is 0.455. The Morgan fingerprint density at radius 2 is 1.63 bits per heavy atom. The van der Waals surface area contributed by atoms with Crippen molar-refractivity contribution in [2.45, 2.75) is 54.4 Å². The Labute approximate surface area is 164 Å². The highest BCUT2D eigenvalue weighted by molar-refractivity contribution is 7.50. The Hall–Kier alpha value is -1.61. The minimum atomic E-state index is -3.64. The number of rotatable bonds is 6. The van der Waals surface area contributed by atoms with E-state index in [9.17, 15) is 9.67 Å². The van der Waals surface area contributed by atoms with E-state index < -0.39 is 7.60 Å². The maximum absolute atomic E-state index is 9.80. The van der Waals surface area contributed by atoms with Crippen molar-refractivity contribution >= 4 is 7.60 Å². The summed E-state index contributed by atoms with van der Waals surface area (Å²) < 4.78 is 9.33. The summed E-state index contributed by atoms with van der Waals surface area (Å²) >= 11 is 0. The zero-order chi connectivity index (χ0) is 21.4. The number of benzene rings is 1. The quantitative estimate of drug-likeness (QED) is 0.317. The maximum Gasteiger partial charge on any atom is 0.322 e. The fourth-order valence-electron chi connectivity index (χ4n) is 2.96. The van der Waals surface area contributed by atoms with Gasteiger partial charge in [0.1, 0.15) is 0 Å². The van der Waals surface area contributed by atoms with Crippen molar-refractivity contribution in [1.29, 1.82) is 0 Å². The molecule has 0 saturated heterocycles. The molecule has 3 N–H and O–H groups in total. The summed E-state index contributed by atoms with van der Waals surface area (Å²) in [5, 5.41) is 9.80. The number of hydrogen-bond donors (Lipinski definition) is 3. The molecule has 0 saturated carbocycles. The molecule has 5 heteroatoms. The molecule has 0 atom stereocenters. The Balaban J connectivity index is 0.00000119. The van der Waals surface area contributed by atoms with Crippen LogP contribution >= 0.6 is 7.60 Å². The number of aryl methyl sites for hydroxylation is 3. The number of hydrogen-bond acceptors (Lipinski definition) is 2. The lowest BCUT2D eigenvalue weighted by molar-refractivity contribution is 0.381. The molecule has 0 heterocycles. The predicted octanol–water partition coefficient (Wildman–Crippen LogP) is 5.94. The first kappa shape index (κ1) is 25.4. The van der Waals surface area contributed by atoms with Crippen LogP contribution in [0.15, 0.2) is 47.8 Å². The predicted molar refractivity (Wildman–Crippen MR) is 115 cm³/mol. The first-order valence-electron chi connectivity index (χ1n) is 9.06. The lowest BCUT2D eigenvalue weighted by Crippen LogP contribution is -1.99. The summed E-state index contributed by atoms with van der Waals surface area (Å²) in [6, 6.07) is 4.47. The van der Waals surface area contributed by atoms with E-state index in [0.717, 1.165) is 25.1 Å². The van der Waals surface area contributed by atoms with Crippen LogP contribution in [0.5, 0.6) is 0 Å². The van der Waals surface area contributed by atoms with Gasteiger partial charge in [0.2, 0.25) is 0 Å². The molecular weight excluding hydrogens is 359 g/mol. The Kier molecular flexibility index (Phi) is 10.6. The monoisotopic (exact) mass is 394 g/mol. The molecule has 152 valence electrons. The summed E-state index contributed by atoms with van der Waals surface area (Å²) in [5.41, 5.74) is 7.67. The van der Waals surface area contributed by atoms with Crippen LogP contribution in [0.4, 0.5) is 0 Å². The minimum Gasteiger partial charge on any atom is -0.513 e. The van der Waals surface area contributed by atoms with Crippen molar-refractivity contribution in [1.82, 2.24) is 0 Å². The van der Waals surface area contributed by atoms with Crippen LogP contribution in [-0.4, -0.2) is 21.6 Å². The van der Waals surface area contributed by atoms with Gasteiger partial charge in [0.25, 0.3) is 0 Å². The molecule has 1 rings (SSSR count). The van der Waals surface area contributed by atoms with Crippen LogP contribution in [0.1, 0.15) is 49.4 Å². The molecule has 0 aliphatic rings. The Morgan fingerprint density at radius 3 is 1.96 bits per heavy atom. The van der Waals surface area contributed by atoms with Crippen molar-refractivity contribution < 1.29 is 19.5 Å². The topological polar surface area (TPSA) is 77.8 Å². The van der Waals surface area contributed by atoms with E-state index >= 15 is 0 Å². The van der Waals surface area contributed by atoms with Gasteiger partial charge in [-0.25, -0.2) is 0 Å². The van der Waals surface area contributed by atoms with Gasteiger partial charge in [-0.1, -0.05) is 50.3 Å². The highest BCUT2D eigenvalue weighted by Gasteiger charge is 2.08. The normalized spacial score (nSPS) is 13.0. The molecule has 1 aromatic carbocycles. The molecule has 1 aromatic rings. The van der Waals surface area contributed by atoms with E-state index in [1.54, 1.807) is 6.92 Å². The van der Waals surface area contributed by atoms with Crippen molar-refractivity contribution in [2.24, 2.45) is 5.92 Å². The van der Waals surface area contributed by atoms with Gasteiger partial charge < -0.3 is 14.9 Å². The van der Waals surface area contributed by atoms with Crippen molar-refractivity contribution in [3.05, 3.63) is 70.0 Å². The average Bonchev–Trinajstić information content (AvgIpc) is 2.46. The molecule has 27 heavy (non-hydrogen) atoms. The van der Waals surface area contributed by atoms with E-state index in [0.29, 0.717) is 11.7 Å². The molecule has 0 radical (unpaired) electrons. The van der Waals surface area contributed by atoms with Crippen LogP contribution in [0, 0.1) is 26.7 Å². The summed E-state index contributed by atoms with van der Waals surface area (Å²) in [7, 11) is -3.64. The van der Waals surface area contributed by atoms with Gasteiger partial charge in [0.15, 0.2) is 0 Å². The number of aliphatic hydroxyl groups excluding tert-OH is 1. The first-order chi connectivity index (χ1) is 12.3. The maximum atomic E-state index is 9.80. The van der Waals surface area contributed by atoms with E-state index in [4.69, 9.17) is 9.79 Å². The van der Waals surface area contributed by atoms with Gasteiger partial charge >= 0.3 is 7.60 Å². The first-order valence-corrected chi connectivity index (χ1v) is 11.1. The Morgan fingerprint density at radius 1 is 1.19 bits per heavy atom. The second-order valence-electron chi connectivity index (χ2n) is 7.34. The average molecular weight is 394 g/mol. The van der Waals surface area contributed by atoms with Gasteiger partial charge in [-0.15, -0.1) is 0 Å². The van der Waals surface area contributed by atoms with Crippen LogP contribution < -0.4 is 0 Å². The molecule has 0 spiro atoms. The molecule has 0 fully saturated rings. The van der Waals surface area contributed by atoms with Gasteiger partial charge in [-0.2, -0.15) is 0 Å². The number of aliphatic hydroxyl groups is 1. The van der Waals surface area contributed by atoms with E-state index in [-0.39, 0.29) is 0 Å². The lowest BCUT2D eigenvalue weighted by Gasteiger charge is -2.14. The van der Waals surface area contributed by atoms with Crippen molar-refractivity contribution in [2.75, 3.05) is 6.66 Å². The minimum absolute atomic E-state index is 0.357. The fourth-order valence-corrected chi connectivity index (χ4v) is 2.96. The van der Waals surface area contributed by atoms with Crippen molar-refractivity contribution in [3.63, 3.8) is 0 Å². The van der Waals surface area contributed by atoms with Crippen LogP contribution in [0.25, 0.3) is 0 Å².